The summed E-state index contributed by atoms with van der Waals surface area (Å²) >= 11 is 6.19. The molecule has 0 aliphatic rings. The van der Waals surface area contributed by atoms with E-state index in [1.54, 1.807) is 54.9 Å². The van der Waals surface area contributed by atoms with Gasteiger partial charge in [0.15, 0.2) is 5.76 Å². The van der Waals surface area contributed by atoms with Gasteiger partial charge in [0.1, 0.15) is 11.5 Å². The van der Waals surface area contributed by atoms with Crippen molar-refractivity contribution >= 4 is 23.2 Å². The Bertz CT molecular complexity index is 1160. The molecule has 29 heavy (non-hydrogen) atoms. The zero-order valence-corrected chi connectivity index (χ0v) is 16.2. The number of benzene rings is 2. The van der Waals surface area contributed by atoms with Crippen LogP contribution in [0.1, 0.15) is 16.1 Å². The van der Waals surface area contributed by atoms with Gasteiger partial charge in [-0.1, -0.05) is 23.7 Å². The Balaban J connectivity index is 1.48. The number of ether oxygens (including phenoxy) is 1. The topological polar surface area (TPSA) is 77.3 Å². The number of furan rings is 1. The van der Waals surface area contributed by atoms with Gasteiger partial charge in [-0.15, -0.1) is 0 Å². The van der Waals surface area contributed by atoms with Gasteiger partial charge >= 0.3 is 6.01 Å². The van der Waals surface area contributed by atoms with Crippen LogP contribution < -0.4 is 10.1 Å². The van der Waals surface area contributed by atoms with Gasteiger partial charge in [-0.3, -0.25) is 4.79 Å². The van der Waals surface area contributed by atoms with Crippen LogP contribution in [0.4, 0.5) is 5.69 Å². The van der Waals surface area contributed by atoms with E-state index in [0.717, 1.165) is 11.1 Å². The van der Waals surface area contributed by atoms with E-state index in [4.69, 9.17) is 20.8 Å². The fourth-order valence-electron chi connectivity index (χ4n) is 2.73. The SMILES string of the molecule is Cc1cc(Oc2ncccn2)ccc1NC(=O)c1ccc(-c2ccccc2Cl)o1. The number of rotatable bonds is 5. The van der Waals surface area contributed by atoms with E-state index in [1.807, 2.05) is 25.1 Å². The highest BCUT2D eigenvalue weighted by Gasteiger charge is 2.15. The quantitative estimate of drug-likeness (QED) is 0.458. The second-order valence-electron chi connectivity index (χ2n) is 6.21. The van der Waals surface area contributed by atoms with Crippen molar-refractivity contribution < 1.29 is 13.9 Å². The van der Waals surface area contributed by atoms with Gasteiger partial charge in [0.2, 0.25) is 0 Å². The van der Waals surface area contributed by atoms with E-state index in [2.05, 4.69) is 15.3 Å². The van der Waals surface area contributed by atoms with E-state index >= 15 is 0 Å². The standard InChI is InChI=1S/C22H16ClN3O3/c1-14-13-15(28-22-24-11-4-12-25-22)7-8-18(14)26-21(27)20-10-9-19(29-20)16-5-2-3-6-17(16)23/h2-13H,1H3,(H,26,27). The number of nitrogens with one attached hydrogen (secondary N) is 1. The maximum absolute atomic E-state index is 12.6. The van der Waals surface area contributed by atoms with Crippen molar-refractivity contribution in [3.8, 4) is 23.1 Å². The number of amides is 1. The zero-order valence-electron chi connectivity index (χ0n) is 15.4. The average Bonchev–Trinajstić information content (AvgIpc) is 3.21. The molecule has 0 saturated carbocycles. The largest absolute Gasteiger partial charge is 0.451 e. The Morgan fingerprint density at radius 3 is 2.59 bits per heavy atom. The number of carbonyl (C=O) groups excluding carboxylic acids is 1. The number of aromatic nitrogens is 2. The summed E-state index contributed by atoms with van der Waals surface area (Å²) < 4.78 is 11.3. The predicted molar refractivity (Wildman–Crippen MR) is 110 cm³/mol. The number of aryl methyl sites for hydroxylation is 1. The lowest BCUT2D eigenvalue weighted by Gasteiger charge is -2.09. The first-order valence-corrected chi connectivity index (χ1v) is 9.19. The summed E-state index contributed by atoms with van der Waals surface area (Å²) in [6.07, 6.45) is 3.20. The minimum absolute atomic E-state index is 0.192. The van der Waals surface area contributed by atoms with Gasteiger partial charge in [0.25, 0.3) is 5.91 Å². The molecule has 2 aromatic heterocycles. The highest BCUT2D eigenvalue weighted by Crippen LogP contribution is 2.30. The van der Waals surface area contributed by atoms with Gasteiger partial charge in [-0.2, -0.15) is 0 Å². The molecule has 0 atom stereocenters. The summed E-state index contributed by atoms with van der Waals surface area (Å²) in [6, 6.07) is 17.9. The molecule has 0 fully saturated rings. The van der Waals surface area contributed by atoms with Crippen LogP contribution >= 0.6 is 11.6 Å². The van der Waals surface area contributed by atoms with Crippen LogP contribution in [0.3, 0.4) is 0 Å². The molecule has 0 aliphatic heterocycles. The minimum atomic E-state index is -0.355. The van der Waals surface area contributed by atoms with E-state index in [-0.39, 0.29) is 17.7 Å². The highest BCUT2D eigenvalue weighted by molar-refractivity contribution is 6.33. The lowest BCUT2D eigenvalue weighted by molar-refractivity contribution is 0.0997. The van der Waals surface area contributed by atoms with Crippen molar-refractivity contribution in [2.75, 3.05) is 5.32 Å². The summed E-state index contributed by atoms with van der Waals surface area (Å²) in [6.45, 7) is 1.87. The van der Waals surface area contributed by atoms with Crippen LogP contribution in [0.2, 0.25) is 5.02 Å². The Kier molecular flexibility index (Phi) is 5.27. The Morgan fingerprint density at radius 2 is 1.83 bits per heavy atom. The highest BCUT2D eigenvalue weighted by atomic mass is 35.5. The number of anilines is 1. The number of nitrogens with zero attached hydrogens (tertiary/aromatic N) is 2. The zero-order chi connectivity index (χ0) is 20.2. The van der Waals surface area contributed by atoms with Crippen LogP contribution in [-0.4, -0.2) is 15.9 Å². The van der Waals surface area contributed by atoms with Crippen LogP contribution in [0.15, 0.2) is 77.5 Å². The second-order valence-corrected chi connectivity index (χ2v) is 6.62. The van der Waals surface area contributed by atoms with E-state index in [1.165, 1.54) is 0 Å². The minimum Gasteiger partial charge on any atom is -0.451 e. The third-order valence-electron chi connectivity index (χ3n) is 4.17. The summed E-state index contributed by atoms with van der Waals surface area (Å²) in [7, 11) is 0. The lowest BCUT2D eigenvalue weighted by atomic mass is 10.2. The molecule has 0 bridgehead atoms. The summed E-state index contributed by atoms with van der Waals surface area (Å²) in [5.74, 6) is 0.943. The van der Waals surface area contributed by atoms with Crippen molar-refractivity contribution in [2.45, 2.75) is 6.92 Å². The number of carbonyl (C=O) groups is 1. The van der Waals surface area contributed by atoms with Crippen molar-refractivity contribution in [1.82, 2.24) is 9.97 Å². The third kappa shape index (κ3) is 4.28. The smallest absolute Gasteiger partial charge is 0.321 e. The molecule has 0 aliphatic carbocycles. The van der Waals surface area contributed by atoms with Crippen molar-refractivity contribution in [2.24, 2.45) is 0 Å². The monoisotopic (exact) mass is 405 g/mol. The maximum atomic E-state index is 12.6. The first-order valence-electron chi connectivity index (χ1n) is 8.82. The molecule has 4 aromatic rings. The molecule has 1 amide bonds. The van der Waals surface area contributed by atoms with Crippen LogP contribution in [0.5, 0.6) is 11.8 Å². The molecule has 0 unspecified atom stereocenters. The molecule has 144 valence electrons. The van der Waals surface area contributed by atoms with Gasteiger partial charge < -0.3 is 14.5 Å². The fourth-order valence-corrected chi connectivity index (χ4v) is 2.96. The van der Waals surface area contributed by atoms with E-state index in [0.29, 0.717) is 22.2 Å². The molecule has 6 nitrogen and oxygen atoms in total. The van der Waals surface area contributed by atoms with Gasteiger partial charge in [0.05, 0.1) is 5.02 Å². The Morgan fingerprint density at radius 1 is 1.03 bits per heavy atom. The molecule has 0 radical (unpaired) electrons. The summed E-state index contributed by atoms with van der Waals surface area (Å²) in [5.41, 5.74) is 2.20. The first-order chi connectivity index (χ1) is 14.1. The van der Waals surface area contributed by atoms with Gasteiger partial charge in [-0.25, -0.2) is 9.97 Å². The van der Waals surface area contributed by atoms with Gasteiger partial charge in [-0.05, 0) is 61.0 Å². The Hall–Kier alpha value is -3.64. The van der Waals surface area contributed by atoms with Crippen molar-refractivity contribution in [3.63, 3.8) is 0 Å². The lowest BCUT2D eigenvalue weighted by Crippen LogP contribution is -2.11. The molecular weight excluding hydrogens is 390 g/mol. The second kappa shape index (κ2) is 8.16. The summed E-state index contributed by atoms with van der Waals surface area (Å²) in [5, 5.41) is 3.40. The van der Waals surface area contributed by atoms with Crippen LogP contribution in [0, 0.1) is 6.92 Å². The normalized spacial score (nSPS) is 10.6. The first kappa shape index (κ1) is 18.7. The summed E-state index contributed by atoms with van der Waals surface area (Å²) in [4.78, 5) is 20.6. The Labute approximate surface area is 172 Å². The van der Waals surface area contributed by atoms with E-state index < -0.39 is 0 Å². The van der Waals surface area contributed by atoms with Crippen molar-refractivity contribution in [1.29, 1.82) is 0 Å². The molecule has 2 aromatic carbocycles. The molecule has 0 saturated heterocycles. The number of halogens is 1. The van der Waals surface area contributed by atoms with Gasteiger partial charge in [0, 0.05) is 23.6 Å². The maximum Gasteiger partial charge on any atom is 0.321 e. The molecule has 7 heteroatoms. The third-order valence-corrected chi connectivity index (χ3v) is 4.50. The van der Waals surface area contributed by atoms with Crippen LogP contribution in [-0.2, 0) is 0 Å². The molecule has 0 spiro atoms. The average molecular weight is 406 g/mol. The number of hydrogen-bond acceptors (Lipinski definition) is 5. The van der Waals surface area contributed by atoms with Crippen LogP contribution in [0.25, 0.3) is 11.3 Å². The van der Waals surface area contributed by atoms with E-state index in [9.17, 15) is 4.79 Å². The number of hydrogen-bond donors (Lipinski definition) is 1. The molecule has 2 heterocycles. The molecular formula is C22H16ClN3O3. The molecule has 4 rings (SSSR count). The van der Waals surface area contributed by atoms with Crippen molar-refractivity contribution in [3.05, 3.63) is 89.4 Å². The molecule has 1 N–H and O–H groups in total. The predicted octanol–water partition coefficient (Wildman–Crippen LogP) is 5.74. The fraction of sp³-hybridized carbons (Fsp3) is 0.0455.